The maximum absolute atomic E-state index is 5.62. The number of rotatable bonds is 1. The first kappa shape index (κ1) is 10.2. The first-order valence-electron chi connectivity index (χ1n) is 5.15. The fourth-order valence-electron chi connectivity index (χ4n) is 1.74. The van der Waals surface area contributed by atoms with Gasteiger partial charge in [-0.2, -0.15) is 0 Å². The first-order chi connectivity index (χ1) is 6.33. The molecule has 0 unspecified atom stereocenters. The Morgan fingerprint density at radius 2 is 1.85 bits per heavy atom. The molecule has 0 heterocycles. The fourth-order valence-corrected chi connectivity index (χ4v) is 1.74. The summed E-state index contributed by atoms with van der Waals surface area (Å²) in [7, 11) is 0. The van der Waals surface area contributed by atoms with Crippen LogP contribution in [0.15, 0.2) is 9.98 Å². The maximum Gasteiger partial charge on any atom is 0.215 e. The molecule has 0 spiro atoms. The van der Waals surface area contributed by atoms with E-state index in [1.54, 1.807) is 6.21 Å². The van der Waals surface area contributed by atoms with Crippen molar-refractivity contribution in [1.29, 1.82) is 0 Å². The lowest BCUT2D eigenvalue weighted by Gasteiger charge is -2.07. The molecule has 0 radical (unpaired) electrons. The van der Waals surface area contributed by atoms with Crippen LogP contribution in [0.25, 0.3) is 0 Å². The molecule has 0 aromatic rings. The van der Waals surface area contributed by atoms with Crippen molar-refractivity contribution < 1.29 is 0 Å². The van der Waals surface area contributed by atoms with Gasteiger partial charge in [-0.3, -0.25) is 0 Å². The average Bonchev–Trinajstić information content (AvgIpc) is 2.33. The number of guanidine groups is 1. The third-order valence-electron chi connectivity index (χ3n) is 2.40. The Hall–Kier alpha value is -0.860. The zero-order valence-corrected chi connectivity index (χ0v) is 8.37. The number of aliphatic imine (C=N–C) groups is 2. The zero-order chi connectivity index (χ0) is 9.52. The van der Waals surface area contributed by atoms with E-state index >= 15 is 0 Å². The van der Waals surface area contributed by atoms with Gasteiger partial charge in [-0.05, 0) is 19.8 Å². The lowest BCUT2D eigenvalue weighted by atomic mass is 10.1. The summed E-state index contributed by atoms with van der Waals surface area (Å²) in [6.07, 6.45) is 9.33. The van der Waals surface area contributed by atoms with Crippen molar-refractivity contribution in [3.63, 3.8) is 0 Å². The Morgan fingerprint density at radius 1 is 1.23 bits per heavy atom. The van der Waals surface area contributed by atoms with E-state index in [-0.39, 0.29) is 0 Å². The molecule has 3 heteroatoms. The third-order valence-corrected chi connectivity index (χ3v) is 2.40. The van der Waals surface area contributed by atoms with Gasteiger partial charge in [-0.25, -0.2) is 9.98 Å². The molecule has 1 saturated carbocycles. The van der Waals surface area contributed by atoms with Crippen LogP contribution in [0.3, 0.4) is 0 Å². The van der Waals surface area contributed by atoms with Crippen LogP contribution in [0.1, 0.15) is 45.4 Å². The lowest BCUT2D eigenvalue weighted by Crippen LogP contribution is -2.14. The molecule has 0 aliphatic heterocycles. The minimum Gasteiger partial charge on any atom is -0.368 e. The second-order valence-electron chi connectivity index (χ2n) is 3.52. The van der Waals surface area contributed by atoms with E-state index in [1.807, 2.05) is 6.92 Å². The lowest BCUT2D eigenvalue weighted by molar-refractivity contribution is 0.585. The van der Waals surface area contributed by atoms with Crippen LogP contribution in [-0.2, 0) is 0 Å². The quantitative estimate of drug-likeness (QED) is 0.376. The average molecular weight is 181 g/mol. The molecule has 74 valence electrons. The van der Waals surface area contributed by atoms with Gasteiger partial charge in [0.15, 0.2) is 0 Å². The summed E-state index contributed by atoms with van der Waals surface area (Å²) in [6.45, 7) is 1.86. The Balaban J connectivity index is 2.45. The van der Waals surface area contributed by atoms with E-state index in [2.05, 4.69) is 9.98 Å². The molecule has 0 bridgehead atoms. The molecule has 1 rings (SSSR count). The van der Waals surface area contributed by atoms with E-state index in [0.29, 0.717) is 12.0 Å². The highest BCUT2D eigenvalue weighted by Gasteiger charge is 2.10. The molecule has 0 amide bonds. The zero-order valence-electron chi connectivity index (χ0n) is 8.37. The normalized spacial score (nSPS) is 22.1. The third kappa shape index (κ3) is 4.06. The van der Waals surface area contributed by atoms with Crippen LogP contribution in [-0.4, -0.2) is 18.2 Å². The molecule has 13 heavy (non-hydrogen) atoms. The standard InChI is InChI=1S/C10H19N3/c1-2-12-10(11)13-9-7-5-3-4-6-8-9/h2,9H,3-8H2,1H3,(H2,11,13). The van der Waals surface area contributed by atoms with E-state index in [4.69, 9.17) is 5.73 Å². The van der Waals surface area contributed by atoms with Crippen molar-refractivity contribution in [3.8, 4) is 0 Å². The van der Waals surface area contributed by atoms with Crippen LogP contribution >= 0.6 is 0 Å². The summed E-state index contributed by atoms with van der Waals surface area (Å²) in [5.74, 6) is 0.439. The molecule has 0 saturated heterocycles. The van der Waals surface area contributed by atoms with Crippen molar-refractivity contribution in [1.82, 2.24) is 0 Å². The highest BCUT2D eigenvalue weighted by atomic mass is 15.0. The number of hydrogen-bond donors (Lipinski definition) is 1. The van der Waals surface area contributed by atoms with Crippen LogP contribution in [0.2, 0.25) is 0 Å². The van der Waals surface area contributed by atoms with Gasteiger partial charge in [-0.15, -0.1) is 0 Å². The second-order valence-corrected chi connectivity index (χ2v) is 3.52. The van der Waals surface area contributed by atoms with E-state index in [9.17, 15) is 0 Å². The van der Waals surface area contributed by atoms with Crippen molar-refractivity contribution in [2.45, 2.75) is 51.5 Å². The van der Waals surface area contributed by atoms with Gasteiger partial charge in [0.1, 0.15) is 0 Å². The molecular formula is C10H19N3. The Kier molecular flexibility index (Phi) is 4.50. The van der Waals surface area contributed by atoms with Crippen LogP contribution in [0, 0.1) is 0 Å². The molecule has 0 aromatic heterocycles. The van der Waals surface area contributed by atoms with Crippen molar-refractivity contribution >= 4 is 12.2 Å². The molecule has 0 aromatic carbocycles. The summed E-state index contributed by atoms with van der Waals surface area (Å²) in [5, 5.41) is 0. The summed E-state index contributed by atoms with van der Waals surface area (Å²) in [5.41, 5.74) is 5.62. The van der Waals surface area contributed by atoms with E-state index in [1.165, 1.54) is 38.5 Å². The van der Waals surface area contributed by atoms with Gasteiger partial charge >= 0.3 is 0 Å². The highest BCUT2D eigenvalue weighted by molar-refractivity contribution is 5.85. The SMILES string of the molecule is CC=NC(N)=NC1CCCCCC1. The molecule has 3 nitrogen and oxygen atoms in total. The van der Waals surface area contributed by atoms with Crippen LogP contribution in [0.4, 0.5) is 0 Å². The number of hydrogen-bond acceptors (Lipinski definition) is 1. The Labute approximate surface area is 80.1 Å². The van der Waals surface area contributed by atoms with Gasteiger partial charge in [0, 0.05) is 6.21 Å². The molecular weight excluding hydrogens is 162 g/mol. The topological polar surface area (TPSA) is 50.7 Å². The summed E-state index contributed by atoms with van der Waals surface area (Å²) in [4.78, 5) is 8.33. The number of nitrogens with two attached hydrogens (primary N) is 1. The maximum atomic E-state index is 5.62. The van der Waals surface area contributed by atoms with Crippen molar-refractivity contribution in [2.24, 2.45) is 15.7 Å². The fraction of sp³-hybridized carbons (Fsp3) is 0.800. The van der Waals surface area contributed by atoms with Gasteiger partial charge in [0.05, 0.1) is 6.04 Å². The number of nitrogens with zero attached hydrogens (tertiary/aromatic N) is 2. The minimum absolute atomic E-state index is 0.422. The molecule has 1 fully saturated rings. The van der Waals surface area contributed by atoms with E-state index in [0.717, 1.165) is 0 Å². The minimum atomic E-state index is 0.422. The smallest absolute Gasteiger partial charge is 0.215 e. The Bertz CT molecular complexity index is 188. The summed E-state index contributed by atoms with van der Waals surface area (Å²) < 4.78 is 0. The largest absolute Gasteiger partial charge is 0.368 e. The molecule has 1 aliphatic carbocycles. The predicted molar refractivity (Wildman–Crippen MR) is 57.3 cm³/mol. The van der Waals surface area contributed by atoms with Crippen LogP contribution in [0.5, 0.6) is 0 Å². The van der Waals surface area contributed by atoms with Gasteiger partial charge in [0.25, 0.3) is 0 Å². The van der Waals surface area contributed by atoms with E-state index < -0.39 is 0 Å². The monoisotopic (exact) mass is 181 g/mol. The van der Waals surface area contributed by atoms with Gasteiger partial charge in [0.2, 0.25) is 5.96 Å². The predicted octanol–water partition coefficient (Wildman–Crippen LogP) is 2.11. The van der Waals surface area contributed by atoms with Gasteiger partial charge < -0.3 is 5.73 Å². The van der Waals surface area contributed by atoms with Crippen LogP contribution < -0.4 is 5.73 Å². The van der Waals surface area contributed by atoms with Crippen molar-refractivity contribution in [2.75, 3.05) is 0 Å². The molecule has 0 atom stereocenters. The summed E-state index contributed by atoms with van der Waals surface area (Å²) in [6, 6.07) is 0.422. The van der Waals surface area contributed by atoms with Crippen molar-refractivity contribution in [3.05, 3.63) is 0 Å². The van der Waals surface area contributed by atoms with Gasteiger partial charge in [-0.1, -0.05) is 25.7 Å². The molecule has 2 N–H and O–H groups in total. The molecule has 1 aliphatic rings. The highest BCUT2D eigenvalue weighted by Crippen LogP contribution is 2.19. The Morgan fingerprint density at radius 3 is 2.38 bits per heavy atom. The second kappa shape index (κ2) is 5.73. The summed E-state index contributed by atoms with van der Waals surface area (Å²) >= 11 is 0. The first-order valence-corrected chi connectivity index (χ1v) is 5.15.